The molecule has 0 radical (unpaired) electrons. The second kappa shape index (κ2) is 4.59. The van der Waals surface area contributed by atoms with Gasteiger partial charge in [-0.05, 0) is 47.2 Å². The summed E-state index contributed by atoms with van der Waals surface area (Å²) in [6.07, 6.45) is 0. The van der Waals surface area contributed by atoms with E-state index >= 15 is 0 Å². The number of aryl methyl sites for hydroxylation is 1. The fourth-order valence-electron chi connectivity index (χ4n) is 1.13. The van der Waals surface area contributed by atoms with Gasteiger partial charge in [-0.2, -0.15) is 0 Å². The molecular formula is C9H12INO2S. The average molecular weight is 325 g/mol. The van der Waals surface area contributed by atoms with Crippen LogP contribution < -0.4 is 4.72 Å². The molecule has 0 heterocycles. The summed E-state index contributed by atoms with van der Waals surface area (Å²) in [5, 5.41) is 0. The lowest BCUT2D eigenvalue weighted by Gasteiger charge is -2.07. The first-order chi connectivity index (χ1) is 6.47. The van der Waals surface area contributed by atoms with Gasteiger partial charge in [-0.25, -0.2) is 13.1 Å². The minimum atomic E-state index is -3.32. The fourth-order valence-corrected chi connectivity index (χ4v) is 3.14. The molecule has 0 saturated carbocycles. The molecule has 0 saturated heterocycles. The van der Waals surface area contributed by atoms with Crippen LogP contribution in [0.1, 0.15) is 12.5 Å². The molecule has 0 bridgehead atoms. The molecule has 0 aliphatic heterocycles. The van der Waals surface area contributed by atoms with Crippen LogP contribution in [0, 0.1) is 10.5 Å². The zero-order valence-corrected chi connectivity index (χ0v) is 11.0. The van der Waals surface area contributed by atoms with E-state index < -0.39 is 10.0 Å². The number of hydrogen-bond donors (Lipinski definition) is 1. The third-order valence-electron chi connectivity index (χ3n) is 1.77. The van der Waals surface area contributed by atoms with Crippen molar-refractivity contribution in [3.05, 3.63) is 27.3 Å². The Balaban J connectivity index is 3.25. The maximum atomic E-state index is 11.7. The molecule has 0 aliphatic carbocycles. The molecule has 14 heavy (non-hydrogen) atoms. The summed E-state index contributed by atoms with van der Waals surface area (Å²) in [5.74, 6) is 0. The number of rotatable bonds is 3. The van der Waals surface area contributed by atoms with Crippen molar-refractivity contribution in [3.8, 4) is 0 Å². The molecule has 0 unspecified atom stereocenters. The third kappa shape index (κ3) is 2.68. The first kappa shape index (κ1) is 11.9. The lowest BCUT2D eigenvalue weighted by Crippen LogP contribution is -2.23. The third-order valence-corrected chi connectivity index (χ3v) is 4.13. The van der Waals surface area contributed by atoms with Crippen LogP contribution in [0.25, 0.3) is 0 Å². The van der Waals surface area contributed by atoms with Crippen LogP contribution in [0.2, 0.25) is 0 Å². The van der Waals surface area contributed by atoms with Gasteiger partial charge in [0.05, 0.1) is 4.90 Å². The maximum absolute atomic E-state index is 11.7. The van der Waals surface area contributed by atoms with E-state index in [9.17, 15) is 8.42 Å². The first-order valence-electron chi connectivity index (χ1n) is 4.23. The first-order valence-corrected chi connectivity index (χ1v) is 6.79. The van der Waals surface area contributed by atoms with Gasteiger partial charge in [0, 0.05) is 10.1 Å². The highest BCUT2D eigenvalue weighted by Crippen LogP contribution is 2.17. The summed E-state index contributed by atoms with van der Waals surface area (Å²) in [5.41, 5.74) is 0.770. The normalized spacial score (nSPS) is 11.6. The van der Waals surface area contributed by atoms with Crippen LogP contribution in [0.15, 0.2) is 23.1 Å². The van der Waals surface area contributed by atoms with Crippen molar-refractivity contribution in [2.24, 2.45) is 0 Å². The quantitative estimate of drug-likeness (QED) is 0.863. The van der Waals surface area contributed by atoms with Crippen molar-refractivity contribution in [2.45, 2.75) is 18.7 Å². The van der Waals surface area contributed by atoms with Crippen molar-refractivity contribution in [3.63, 3.8) is 0 Å². The molecule has 1 aromatic rings. The lowest BCUT2D eigenvalue weighted by molar-refractivity contribution is 0.583. The fraction of sp³-hybridized carbons (Fsp3) is 0.333. The minimum absolute atomic E-state index is 0.367. The van der Waals surface area contributed by atoms with E-state index in [-0.39, 0.29) is 0 Å². The smallest absolute Gasteiger partial charge is 0.211 e. The monoisotopic (exact) mass is 325 g/mol. The van der Waals surface area contributed by atoms with E-state index in [0.29, 0.717) is 11.4 Å². The summed E-state index contributed by atoms with van der Waals surface area (Å²) in [7, 11) is -3.32. The van der Waals surface area contributed by atoms with Gasteiger partial charge in [0.25, 0.3) is 0 Å². The molecule has 0 spiro atoms. The number of sulfonamides is 1. The van der Waals surface area contributed by atoms with Crippen molar-refractivity contribution in [2.75, 3.05) is 6.54 Å². The second-order valence-corrected chi connectivity index (χ2v) is 5.89. The van der Waals surface area contributed by atoms with Crippen LogP contribution in [0.5, 0.6) is 0 Å². The van der Waals surface area contributed by atoms with E-state index in [0.717, 1.165) is 9.13 Å². The number of hydrogen-bond acceptors (Lipinski definition) is 2. The number of benzene rings is 1. The Morgan fingerprint density at radius 2 is 2.07 bits per heavy atom. The van der Waals surface area contributed by atoms with Gasteiger partial charge in [-0.15, -0.1) is 0 Å². The summed E-state index contributed by atoms with van der Waals surface area (Å²) >= 11 is 2.10. The van der Waals surface area contributed by atoms with Gasteiger partial charge in [-0.1, -0.05) is 13.0 Å². The van der Waals surface area contributed by atoms with Crippen molar-refractivity contribution in [1.82, 2.24) is 4.72 Å². The standard InChI is InChI=1S/C9H12INO2S/c1-3-11-14(12,13)9-6-8(10)5-4-7(9)2/h4-6,11H,3H2,1-2H3. The van der Waals surface area contributed by atoms with E-state index in [1.54, 1.807) is 19.9 Å². The largest absolute Gasteiger partial charge is 0.240 e. The van der Waals surface area contributed by atoms with Gasteiger partial charge in [0.1, 0.15) is 0 Å². The zero-order valence-electron chi connectivity index (χ0n) is 8.04. The Kier molecular flexibility index (Phi) is 3.91. The summed E-state index contributed by atoms with van der Waals surface area (Å²) < 4.78 is 26.8. The summed E-state index contributed by atoms with van der Waals surface area (Å²) in [4.78, 5) is 0.367. The van der Waals surface area contributed by atoms with Crippen LogP contribution in [0.3, 0.4) is 0 Å². The van der Waals surface area contributed by atoms with E-state index in [1.807, 2.05) is 12.1 Å². The van der Waals surface area contributed by atoms with Crippen LogP contribution in [-0.4, -0.2) is 15.0 Å². The molecule has 1 aromatic carbocycles. The van der Waals surface area contributed by atoms with Crippen molar-refractivity contribution in [1.29, 1.82) is 0 Å². The molecule has 3 nitrogen and oxygen atoms in total. The van der Waals surface area contributed by atoms with Gasteiger partial charge >= 0.3 is 0 Å². The molecule has 0 aliphatic rings. The maximum Gasteiger partial charge on any atom is 0.240 e. The topological polar surface area (TPSA) is 46.2 Å². The number of nitrogens with one attached hydrogen (secondary N) is 1. The van der Waals surface area contributed by atoms with Gasteiger partial charge < -0.3 is 0 Å². The van der Waals surface area contributed by atoms with E-state index in [1.165, 1.54) is 0 Å². The van der Waals surface area contributed by atoms with Crippen LogP contribution in [0.4, 0.5) is 0 Å². The molecule has 0 fully saturated rings. The summed E-state index contributed by atoms with van der Waals surface area (Å²) in [6, 6.07) is 5.38. The predicted molar refractivity (Wildman–Crippen MR) is 64.8 cm³/mol. The molecule has 0 amide bonds. The molecule has 0 aromatic heterocycles. The van der Waals surface area contributed by atoms with E-state index in [4.69, 9.17) is 0 Å². The molecule has 78 valence electrons. The summed E-state index contributed by atoms with van der Waals surface area (Å²) in [6.45, 7) is 3.97. The van der Waals surface area contributed by atoms with Crippen molar-refractivity contribution < 1.29 is 8.42 Å². The Labute approximate surface area is 98.1 Å². The Hall–Kier alpha value is -0.140. The lowest BCUT2D eigenvalue weighted by atomic mass is 10.2. The minimum Gasteiger partial charge on any atom is -0.211 e. The van der Waals surface area contributed by atoms with E-state index in [2.05, 4.69) is 27.3 Å². The SMILES string of the molecule is CCNS(=O)(=O)c1cc(I)ccc1C. The molecular weight excluding hydrogens is 313 g/mol. The Bertz CT molecular complexity index is 428. The predicted octanol–water partition coefficient (Wildman–Crippen LogP) is 1.90. The Morgan fingerprint density at radius 1 is 1.43 bits per heavy atom. The highest BCUT2D eigenvalue weighted by Gasteiger charge is 2.15. The number of halogens is 1. The molecule has 5 heteroatoms. The second-order valence-electron chi connectivity index (χ2n) is 2.91. The van der Waals surface area contributed by atoms with Gasteiger partial charge in [-0.3, -0.25) is 0 Å². The highest BCUT2D eigenvalue weighted by atomic mass is 127. The molecule has 1 N–H and O–H groups in total. The van der Waals surface area contributed by atoms with Crippen molar-refractivity contribution >= 4 is 32.6 Å². The highest BCUT2D eigenvalue weighted by molar-refractivity contribution is 14.1. The molecule has 0 atom stereocenters. The van der Waals surface area contributed by atoms with Crippen LogP contribution in [-0.2, 0) is 10.0 Å². The van der Waals surface area contributed by atoms with Crippen LogP contribution >= 0.6 is 22.6 Å². The Morgan fingerprint density at radius 3 is 2.64 bits per heavy atom. The van der Waals surface area contributed by atoms with Gasteiger partial charge in [0.2, 0.25) is 10.0 Å². The zero-order chi connectivity index (χ0) is 10.8. The van der Waals surface area contributed by atoms with Gasteiger partial charge in [0.15, 0.2) is 0 Å². The average Bonchev–Trinajstić information content (AvgIpc) is 2.09. The molecule has 1 rings (SSSR count).